The molecule has 0 amide bonds. The highest BCUT2D eigenvalue weighted by Crippen LogP contribution is 2.24. The number of halogens is 1. The van der Waals surface area contributed by atoms with Crippen molar-refractivity contribution >= 4 is 21.7 Å². The molecule has 3 nitrogen and oxygen atoms in total. The van der Waals surface area contributed by atoms with Gasteiger partial charge in [-0.3, -0.25) is 4.90 Å². The third kappa shape index (κ3) is 2.69. The topological polar surface area (TPSA) is 19.4 Å². The van der Waals surface area contributed by atoms with E-state index < -0.39 is 0 Å². The van der Waals surface area contributed by atoms with E-state index in [1.54, 1.807) is 0 Å². The van der Waals surface area contributed by atoms with Crippen molar-refractivity contribution in [3.05, 3.63) is 22.8 Å². The van der Waals surface area contributed by atoms with E-state index >= 15 is 0 Å². The predicted octanol–water partition coefficient (Wildman–Crippen LogP) is 2.91. The Morgan fingerprint density at radius 2 is 1.94 bits per heavy atom. The standard InChI is InChI=1S/C14H20BrN3/c15-12-4-5-14(16-10-12)18-9-6-13(11-18)17-7-2-1-3-8-17/h4-5,10,13H,1-3,6-9,11H2. The third-order valence-corrected chi connectivity index (χ3v) is 4.58. The number of aromatic nitrogens is 1. The van der Waals surface area contributed by atoms with Crippen molar-refractivity contribution in [2.45, 2.75) is 31.7 Å². The summed E-state index contributed by atoms with van der Waals surface area (Å²) in [4.78, 5) is 9.61. The van der Waals surface area contributed by atoms with Gasteiger partial charge in [0.05, 0.1) is 0 Å². The van der Waals surface area contributed by atoms with E-state index in [0.29, 0.717) is 0 Å². The highest BCUT2D eigenvalue weighted by molar-refractivity contribution is 9.10. The van der Waals surface area contributed by atoms with E-state index in [2.05, 4.69) is 42.8 Å². The molecular weight excluding hydrogens is 290 g/mol. The quantitative estimate of drug-likeness (QED) is 0.837. The number of hydrogen-bond acceptors (Lipinski definition) is 3. The lowest BCUT2D eigenvalue weighted by Crippen LogP contribution is -2.40. The van der Waals surface area contributed by atoms with Crippen molar-refractivity contribution in [2.24, 2.45) is 0 Å². The van der Waals surface area contributed by atoms with Gasteiger partial charge in [0.2, 0.25) is 0 Å². The summed E-state index contributed by atoms with van der Waals surface area (Å²) in [5, 5.41) is 0. The van der Waals surface area contributed by atoms with Gasteiger partial charge in [-0.05, 0) is 60.4 Å². The first-order chi connectivity index (χ1) is 8.83. The Bertz CT molecular complexity index is 387. The number of piperidine rings is 1. The summed E-state index contributed by atoms with van der Waals surface area (Å²) >= 11 is 3.44. The van der Waals surface area contributed by atoms with E-state index in [-0.39, 0.29) is 0 Å². The van der Waals surface area contributed by atoms with E-state index in [4.69, 9.17) is 0 Å². The molecule has 0 aliphatic carbocycles. The molecule has 4 heteroatoms. The molecule has 0 bridgehead atoms. The number of anilines is 1. The number of likely N-dealkylation sites (tertiary alicyclic amines) is 1. The van der Waals surface area contributed by atoms with Gasteiger partial charge in [-0.1, -0.05) is 6.42 Å². The van der Waals surface area contributed by atoms with Gasteiger partial charge in [0.25, 0.3) is 0 Å². The molecule has 18 heavy (non-hydrogen) atoms. The zero-order valence-corrected chi connectivity index (χ0v) is 12.3. The minimum atomic E-state index is 0.746. The zero-order chi connectivity index (χ0) is 12.4. The second kappa shape index (κ2) is 5.57. The maximum absolute atomic E-state index is 4.50. The summed E-state index contributed by atoms with van der Waals surface area (Å²) in [5.41, 5.74) is 0. The van der Waals surface area contributed by atoms with Crippen molar-refractivity contribution < 1.29 is 0 Å². The van der Waals surface area contributed by atoms with Crippen LogP contribution >= 0.6 is 15.9 Å². The maximum Gasteiger partial charge on any atom is 0.128 e. The number of pyridine rings is 1. The van der Waals surface area contributed by atoms with E-state index in [9.17, 15) is 0 Å². The van der Waals surface area contributed by atoms with Gasteiger partial charge in [-0.2, -0.15) is 0 Å². The summed E-state index contributed by atoms with van der Waals surface area (Å²) in [7, 11) is 0. The van der Waals surface area contributed by atoms with Crippen LogP contribution in [0.1, 0.15) is 25.7 Å². The van der Waals surface area contributed by atoms with Gasteiger partial charge < -0.3 is 4.90 Å². The Balaban J connectivity index is 1.62. The predicted molar refractivity (Wildman–Crippen MR) is 78.0 cm³/mol. The monoisotopic (exact) mass is 309 g/mol. The normalized spacial score (nSPS) is 25.6. The fraction of sp³-hybridized carbons (Fsp3) is 0.643. The van der Waals surface area contributed by atoms with Crippen LogP contribution in [-0.2, 0) is 0 Å². The number of hydrogen-bond donors (Lipinski definition) is 0. The van der Waals surface area contributed by atoms with Crippen LogP contribution in [0.4, 0.5) is 5.82 Å². The van der Waals surface area contributed by atoms with Crippen molar-refractivity contribution in [1.82, 2.24) is 9.88 Å². The highest BCUT2D eigenvalue weighted by Gasteiger charge is 2.28. The van der Waals surface area contributed by atoms with Gasteiger partial charge in [0.15, 0.2) is 0 Å². The molecule has 1 aromatic heterocycles. The van der Waals surface area contributed by atoms with E-state index in [1.807, 2.05) is 6.20 Å². The molecule has 0 aromatic carbocycles. The molecule has 3 heterocycles. The Labute approximate surface area is 117 Å². The molecule has 2 fully saturated rings. The summed E-state index contributed by atoms with van der Waals surface area (Å²) < 4.78 is 1.05. The fourth-order valence-electron chi connectivity index (χ4n) is 3.09. The van der Waals surface area contributed by atoms with Crippen LogP contribution in [-0.4, -0.2) is 42.1 Å². The first-order valence-electron chi connectivity index (χ1n) is 6.93. The van der Waals surface area contributed by atoms with E-state index in [1.165, 1.54) is 38.8 Å². The average Bonchev–Trinajstić information content (AvgIpc) is 2.90. The van der Waals surface area contributed by atoms with Crippen LogP contribution in [0.3, 0.4) is 0 Å². The van der Waals surface area contributed by atoms with Crippen molar-refractivity contribution in [2.75, 3.05) is 31.1 Å². The number of rotatable bonds is 2. The molecule has 3 rings (SSSR count). The third-order valence-electron chi connectivity index (χ3n) is 4.11. The van der Waals surface area contributed by atoms with Crippen LogP contribution in [0.15, 0.2) is 22.8 Å². The molecule has 1 unspecified atom stereocenters. The zero-order valence-electron chi connectivity index (χ0n) is 10.7. The SMILES string of the molecule is Brc1ccc(N2CCC(N3CCCCC3)C2)nc1. The molecular formula is C14H20BrN3. The van der Waals surface area contributed by atoms with Gasteiger partial charge in [0, 0.05) is 29.8 Å². The molecule has 1 atom stereocenters. The molecule has 0 N–H and O–H groups in total. The Morgan fingerprint density at radius 1 is 1.11 bits per heavy atom. The molecule has 1 aromatic rings. The lowest BCUT2D eigenvalue weighted by atomic mass is 10.1. The summed E-state index contributed by atoms with van der Waals surface area (Å²) in [6.45, 7) is 4.89. The van der Waals surface area contributed by atoms with Gasteiger partial charge in [0.1, 0.15) is 5.82 Å². The van der Waals surface area contributed by atoms with Crippen molar-refractivity contribution in [3.8, 4) is 0 Å². The Kier molecular flexibility index (Phi) is 3.85. The Morgan fingerprint density at radius 3 is 2.67 bits per heavy atom. The molecule has 0 saturated carbocycles. The first kappa shape index (κ1) is 12.4. The van der Waals surface area contributed by atoms with Crippen LogP contribution in [0.5, 0.6) is 0 Å². The van der Waals surface area contributed by atoms with Gasteiger partial charge >= 0.3 is 0 Å². The summed E-state index contributed by atoms with van der Waals surface area (Å²) in [6, 6.07) is 4.94. The van der Waals surface area contributed by atoms with Crippen LogP contribution in [0.2, 0.25) is 0 Å². The summed E-state index contributed by atoms with van der Waals surface area (Å²) in [5.74, 6) is 1.12. The maximum atomic E-state index is 4.50. The first-order valence-corrected chi connectivity index (χ1v) is 7.73. The summed E-state index contributed by atoms with van der Waals surface area (Å²) in [6.07, 6.45) is 7.36. The second-order valence-electron chi connectivity index (χ2n) is 5.32. The minimum Gasteiger partial charge on any atom is -0.355 e. The van der Waals surface area contributed by atoms with Gasteiger partial charge in [-0.25, -0.2) is 4.98 Å². The lowest BCUT2D eigenvalue weighted by molar-refractivity contribution is 0.175. The Hall–Kier alpha value is -0.610. The van der Waals surface area contributed by atoms with E-state index in [0.717, 1.165) is 29.4 Å². The van der Waals surface area contributed by atoms with Crippen molar-refractivity contribution in [3.63, 3.8) is 0 Å². The second-order valence-corrected chi connectivity index (χ2v) is 6.24. The molecule has 0 radical (unpaired) electrons. The molecule has 2 aliphatic heterocycles. The molecule has 2 aliphatic rings. The molecule has 98 valence electrons. The van der Waals surface area contributed by atoms with Crippen LogP contribution < -0.4 is 4.90 Å². The smallest absolute Gasteiger partial charge is 0.128 e. The van der Waals surface area contributed by atoms with Crippen LogP contribution in [0, 0.1) is 0 Å². The van der Waals surface area contributed by atoms with Crippen molar-refractivity contribution in [1.29, 1.82) is 0 Å². The number of nitrogens with zero attached hydrogens (tertiary/aromatic N) is 3. The molecule has 0 spiro atoms. The fourth-order valence-corrected chi connectivity index (χ4v) is 3.32. The average molecular weight is 310 g/mol. The largest absolute Gasteiger partial charge is 0.355 e. The van der Waals surface area contributed by atoms with Gasteiger partial charge in [-0.15, -0.1) is 0 Å². The highest BCUT2D eigenvalue weighted by atomic mass is 79.9. The van der Waals surface area contributed by atoms with Crippen LogP contribution in [0.25, 0.3) is 0 Å². The molecule has 2 saturated heterocycles. The minimum absolute atomic E-state index is 0.746. The lowest BCUT2D eigenvalue weighted by Gasteiger charge is -2.32.